The van der Waals surface area contributed by atoms with E-state index >= 15 is 0 Å². The van der Waals surface area contributed by atoms with Gasteiger partial charge in [-0.25, -0.2) is 4.98 Å². The van der Waals surface area contributed by atoms with Crippen molar-refractivity contribution in [3.8, 4) is 5.69 Å². The molecular formula is C21H21N3O2. The number of nitrogens with zero attached hydrogens (tertiary/aromatic N) is 2. The van der Waals surface area contributed by atoms with Gasteiger partial charge in [0.15, 0.2) is 0 Å². The first kappa shape index (κ1) is 17.6. The van der Waals surface area contributed by atoms with Gasteiger partial charge in [0.1, 0.15) is 0 Å². The Balaban J connectivity index is 1.56. The quantitative estimate of drug-likeness (QED) is 0.646. The molecule has 2 N–H and O–H groups in total. The summed E-state index contributed by atoms with van der Waals surface area (Å²) in [7, 11) is 0. The Morgan fingerprint density at radius 2 is 1.92 bits per heavy atom. The molecule has 132 valence electrons. The number of aliphatic hydroxyl groups excluding tert-OH is 1. The lowest BCUT2D eigenvalue weighted by Crippen LogP contribution is -2.38. The molecular weight excluding hydrogens is 326 g/mol. The lowest BCUT2D eigenvalue weighted by Gasteiger charge is -2.15. The number of imidazole rings is 1. The van der Waals surface area contributed by atoms with E-state index in [4.69, 9.17) is 0 Å². The highest BCUT2D eigenvalue weighted by atomic mass is 16.3. The van der Waals surface area contributed by atoms with Crippen molar-refractivity contribution in [3.05, 3.63) is 90.5 Å². The van der Waals surface area contributed by atoms with Gasteiger partial charge in [-0.1, -0.05) is 42.5 Å². The predicted molar refractivity (Wildman–Crippen MR) is 102 cm³/mol. The summed E-state index contributed by atoms with van der Waals surface area (Å²) in [6.45, 7) is -0.103. The van der Waals surface area contributed by atoms with Gasteiger partial charge in [0.2, 0.25) is 5.91 Å². The molecule has 0 radical (unpaired) electrons. The third kappa shape index (κ3) is 4.91. The fraction of sp³-hybridized carbons (Fsp3) is 0.143. The van der Waals surface area contributed by atoms with Crippen LogP contribution in [-0.2, 0) is 11.2 Å². The van der Waals surface area contributed by atoms with E-state index in [0.717, 1.165) is 16.8 Å². The van der Waals surface area contributed by atoms with Gasteiger partial charge in [-0.05, 0) is 35.8 Å². The zero-order valence-corrected chi connectivity index (χ0v) is 14.3. The molecule has 1 heterocycles. The average molecular weight is 347 g/mol. The van der Waals surface area contributed by atoms with E-state index in [1.54, 1.807) is 18.6 Å². The van der Waals surface area contributed by atoms with Crippen molar-refractivity contribution in [2.75, 3.05) is 6.61 Å². The van der Waals surface area contributed by atoms with Crippen molar-refractivity contribution in [1.29, 1.82) is 0 Å². The summed E-state index contributed by atoms with van der Waals surface area (Å²) in [5.41, 5.74) is 3.01. The minimum absolute atomic E-state index is 0.103. The summed E-state index contributed by atoms with van der Waals surface area (Å²) in [5, 5.41) is 12.3. The predicted octanol–water partition coefficient (Wildman–Crippen LogP) is 2.61. The van der Waals surface area contributed by atoms with Crippen molar-refractivity contribution in [1.82, 2.24) is 14.9 Å². The van der Waals surface area contributed by atoms with Crippen molar-refractivity contribution in [2.24, 2.45) is 0 Å². The minimum Gasteiger partial charge on any atom is -0.394 e. The molecule has 0 fully saturated rings. The first-order chi connectivity index (χ1) is 12.7. The fourth-order valence-corrected chi connectivity index (χ4v) is 2.65. The van der Waals surface area contributed by atoms with Crippen LogP contribution >= 0.6 is 0 Å². The minimum atomic E-state index is -0.307. The monoisotopic (exact) mass is 347 g/mol. The molecule has 0 aliphatic heterocycles. The number of rotatable bonds is 7. The molecule has 0 saturated heterocycles. The molecule has 3 rings (SSSR count). The van der Waals surface area contributed by atoms with Crippen LogP contribution in [0.3, 0.4) is 0 Å². The van der Waals surface area contributed by atoms with E-state index in [0.29, 0.717) is 6.42 Å². The molecule has 0 aliphatic carbocycles. The Morgan fingerprint density at radius 3 is 2.58 bits per heavy atom. The normalized spacial score (nSPS) is 12.2. The van der Waals surface area contributed by atoms with Crippen LogP contribution in [0.2, 0.25) is 0 Å². The summed E-state index contributed by atoms with van der Waals surface area (Å²) < 4.78 is 1.91. The van der Waals surface area contributed by atoms with Crippen LogP contribution in [0, 0.1) is 0 Å². The largest absolute Gasteiger partial charge is 0.394 e. The lowest BCUT2D eigenvalue weighted by atomic mass is 10.1. The molecule has 1 amide bonds. The highest BCUT2D eigenvalue weighted by molar-refractivity contribution is 5.91. The highest BCUT2D eigenvalue weighted by Crippen LogP contribution is 2.10. The summed E-state index contributed by atoms with van der Waals surface area (Å²) in [5.74, 6) is -0.223. The second-order valence-electron chi connectivity index (χ2n) is 5.97. The average Bonchev–Trinajstić information content (AvgIpc) is 3.22. The standard InChI is InChI=1S/C21H21N3O2/c25-15-19(14-18-4-2-1-3-5-18)23-21(26)11-8-17-6-9-20(10-7-17)24-13-12-22-16-24/h1-13,16,19,25H,14-15H2,(H,23,26)/b11-8+. The number of aliphatic hydroxyl groups is 1. The molecule has 0 bridgehead atoms. The Labute approximate surface area is 152 Å². The van der Waals surface area contributed by atoms with Gasteiger partial charge in [0.05, 0.1) is 19.0 Å². The summed E-state index contributed by atoms with van der Waals surface area (Å²) in [6, 6.07) is 17.3. The zero-order valence-electron chi connectivity index (χ0n) is 14.3. The van der Waals surface area contributed by atoms with Crippen LogP contribution < -0.4 is 5.32 Å². The maximum atomic E-state index is 12.1. The van der Waals surface area contributed by atoms with Gasteiger partial charge < -0.3 is 15.0 Å². The molecule has 1 unspecified atom stereocenters. The molecule has 26 heavy (non-hydrogen) atoms. The van der Waals surface area contributed by atoms with E-state index in [1.165, 1.54) is 6.08 Å². The van der Waals surface area contributed by atoms with Crippen molar-refractivity contribution >= 4 is 12.0 Å². The smallest absolute Gasteiger partial charge is 0.244 e. The van der Waals surface area contributed by atoms with Crippen LogP contribution in [0.15, 0.2) is 79.4 Å². The summed E-state index contributed by atoms with van der Waals surface area (Å²) in [4.78, 5) is 16.1. The SMILES string of the molecule is O=C(/C=C/c1ccc(-n2ccnc2)cc1)NC(CO)Cc1ccccc1. The third-order valence-electron chi connectivity index (χ3n) is 4.01. The van der Waals surface area contributed by atoms with Gasteiger partial charge in [0.25, 0.3) is 0 Å². The number of aromatic nitrogens is 2. The van der Waals surface area contributed by atoms with E-state index in [1.807, 2.05) is 65.4 Å². The number of hydrogen-bond acceptors (Lipinski definition) is 3. The van der Waals surface area contributed by atoms with Gasteiger partial charge >= 0.3 is 0 Å². The number of amides is 1. The maximum Gasteiger partial charge on any atom is 0.244 e. The molecule has 0 spiro atoms. The fourth-order valence-electron chi connectivity index (χ4n) is 2.65. The number of benzene rings is 2. The van der Waals surface area contributed by atoms with E-state index in [2.05, 4.69) is 10.3 Å². The number of carbonyl (C=O) groups is 1. The zero-order chi connectivity index (χ0) is 18.2. The molecule has 3 aromatic rings. The van der Waals surface area contributed by atoms with Crippen LogP contribution in [0.1, 0.15) is 11.1 Å². The van der Waals surface area contributed by atoms with Crippen molar-refractivity contribution in [2.45, 2.75) is 12.5 Å². The molecule has 1 aromatic heterocycles. The number of nitrogens with one attached hydrogen (secondary N) is 1. The molecule has 2 aromatic carbocycles. The van der Waals surface area contributed by atoms with Gasteiger partial charge in [-0.15, -0.1) is 0 Å². The Hall–Kier alpha value is -3.18. The number of carbonyl (C=O) groups excluding carboxylic acids is 1. The molecule has 0 aliphatic rings. The van der Waals surface area contributed by atoms with Crippen LogP contribution in [0.4, 0.5) is 0 Å². The second kappa shape index (κ2) is 8.78. The third-order valence-corrected chi connectivity index (χ3v) is 4.01. The molecule has 5 nitrogen and oxygen atoms in total. The molecule has 1 atom stereocenters. The lowest BCUT2D eigenvalue weighted by molar-refractivity contribution is -0.117. The molecule has 5 heteroatoms. The number of hydrogen-bond donors (Lipinski definition) is 2. The Morgan fingerprint density at radius 1 is 1.15 bits per heavy atom. The van der Waals surface area contributed by atoms with Crippen molar-refractivity contribution < 1.29 is 9.90 Å². The second-order valence-corrected chi connectivity index (χ2v) is 5.97. The van der Waals surface area contributed by atoms with E-state index < -0.39 is 0 Å². The van der Waals surface area contributed by atoms with Crippen LogP contribution in [0.25, 0.3) is 11.8 Å². The first-order valence-corrected chi connectivity index (χ1v) is 8.46. The summed E-state index contributed by atoms with van der Waals surface area (Å²) in [6.07, 6.45) is 9.17. The van der Waals surface area contributed by atoms with Gasteiger partial charge in [0, 0.05) is 24.2 Å². The van der Waals surface area contributed by atoms with E-state index in [-0.39, 0.29) is 18.6 Å². The van der Waals surface area contributed by atoms with Crippen LogP contribution in [-0.4, -0.2) is 33.2 Å². The first-order valence-electron chi connectivity index (χ1n) is 8.46. The summed E-state index contributed by atoms with van der Waals surface area (Å²) >= 11 is 0. The maximum absolute atomic E-state index is 12.1. The topological polar surface area (TPSA) is 67.2 Å². The Bertz CT molecular complexity index is 841. The van der Waals surface area contributed by atoms with Crippen LogP contribution in [0.5, 0.6) is 0 Å². The van der Waals surface area contributed by atoms with Gasteiger partial charge in [-0.2, -0.15) is 0 Å². The highest BCUT2D eigenvalue weighted by Gasteiger charge is 2.10. The molecule has 0 saturated carbocycles. The Kier molecular flexibility index (Phi) is 5.96. The van der Waals surface area contributed by atoms with Gasteiger partial charge in [-0.3, -0.25) is 4.79 Å². The van der Waals surface area contributed by atoms with E-state index in [9.17, 15) is 9.90 Å². The van der Waals surface area contributed by atoms with Crippen molar-refractivity contribution in [3.63, 3.8) is 0 Å².